The lowest BCUT2D eigenvalue weighted by molar-refractivity contribution is -0.388. The number of halogens is 3. The molecule has 0 aliphatic carbocycles. The van der Waals surface area contributed by atoms with E-state index < -0.39 is 28.3 Å². The number of nitrogens with one attached hydrogen (secondary N) is 1. The quantitative estimate of drug-likeness (QED) is 0.102. The second-order valence-electron chi connectivity index (χ2n) is 10.9. The Morgan fingerprint density at radius 2 is 1.46 bits per heavy atom. The third kappa shape index (κ3) is 12.1. The van der Waals surface area contributed by atoms with Crippen molar-refractivity contribution in [1.82, 2.24) is 0 Å². The maximum absolute atomic E-state index is 13.4. The van der Waals surface area contributed by atoms with Gasteiger partial charge in [-0.15, -0.1) is 0 Å². The summed E-state index contributed by atoms with van der Waals surface area (Å²) in [5.74, 6) is -0.268. The zero-order valence-electron chi connectivity index (χ0n) is 24.7. The summed E-state index contributed by atoms with van der Waals surface area (Å²) in [4.78, 5) is 23.3. The summed E-state index contributed by atoms with van der Waals surface area (Å²) >= 11 is 0. The Hall–Kier alpha value is -3.10. The monoisotopic (exact) mass is 578 g/mol. The number of alkyl halides is 3. The minimum absolute atomic E-state index is 0.181. The largest absolute Gasteiger partial charge is 0.490 e. The van der Waals surface area contributed by atoms with Crippen LogP contribution in [0, 0.1) is 10.1 Å². The lowest BCUT2D eigenvalue weighted by atomic mass is 9.98. The molecule has 228 valence electrons. The van der Waals surface area contributed by atoms with Crippen molar-refractivity contribution in [3.05, 3.63) is 63.2 Å². The summed E-state index contributed by atoms with van der Waals surface area (Å²) in [5.41, 5.74) is -1.64. The summed E-state index contributed by atoms with van der Waals surface area (Å²) in [6.07, 6.45) is 11.4. The summed E-state index contributed by atoms with van der Waals surface area (Å²) in [6.45, 7) is 5.89. The first-order valence-electron chi connectivity index (χ1n) is 15.0. The average molecular weight is 579 g/mol. The number of hydrogen-bond donors (Lipinski definition) is 1. The first-order chi connectivity index (χ1) is 19.5. The molecular weight excluding hydrogens is 533 g/mol. The molecule has 9 heteroatoms. The average Bonchev–Trinajstić information content (AvgIpc) is 2.90. The molecule has 0 unspecified atom stereocenters. The molecule has 0 atom stereocenters. The Bertz CT molecular complexity index is 1100. The van der Waals surface area contributed by atoms with E-state index in [2.05, 4.69) is 12.2 Å². The molecule has 0 aliphatic rings. The molecule has 0 saturated heterocycles. The minimum Gasteiger partial charge on any atom is -0.490 e. The lowest BCUT2D eigenvalue weighted by Crippen LogP contribution is -2.18. The fraction of sp³-hybridized carbons (Fsp3) is 0.594. The second kappa shape index (κ2) is 17.7. The Balaban J connectivity index is 1.98. The van der Waals surface area contributed by atoms with Gasteiger partial charge in [0.25, 0.3) is 11.6 Å². The standard InChI is InChI=1S/C32H45F3N2O4/c1-4-5-6-7-8-9-10-11-12-13-14-15-16-18-25-19-17-20-29(41-24(2)3)30(25)31(38)36-26-21-22-28(37(39)40)27(23-26)32(33,34)35/h17,19-24H,4-16,18H2,1-3H3,(H,36,38). The van der Waals surface area contributed by atoms with E-state index in [0.29, 0.717) is 18.2 Å². The van der Waals surface area contributed by atoms with Crippen molar-refractivity contribution >= 4 is 17.3 Å². The van der Waals surface area contributed by atoms with Gasteiger partial charge in [-0.2, -0.15) is 13.2 Å². The van der Waals surface area contributed by atoms with E-state index >= 15 is 0 Å². The minimum atomic E-state index is -4.94. The predicted molar refractivity (Wildman–Crippen MR) is 158 cm³/mol. The normalized spacial score (nSPS) is 11.6. The zero-order chi connectivity index (χ0) is 30.3. The van der Waals surface area contributed by atoms with Gasteiger partial charge in [-0.3, -0.25) is 14.9 Å². The van der Waals surface area contributed by atoms with Gasteiger partial charge >= 0.3 is 6.18 Å². The van der Waals surface area contributed by atoms with Crippen LogP contribution in [0.2, 0.25) is 0 Å². The number of nitro groups is 1. The van der Waals surface area contributed by atoms with Gasteiger partial charge in [-0.1, -0.05) is 96.1 Å². The van der Waals surface area contributed by atoms with Crippen LogP contribution in [0.4, 0.5) is 24.5 Å². The number of carbonyl (C=O) groups excluding carboxylic acids is 1. The molecule has 0 spiro atoms. The number of hydrogen-bond acceptors (Lipinski definition) is 4. The molecule has 2 rings (SSSR count). The van der Waals surface area contributed by atoms with Gasteiger partial charge < -0.3 is 10.1 Å². The number of nitro benzene ring substituents is 1. The van der Waals surface area contributed by atoms with Gasteiger partial charge in [0.1, 0.15) is 11.3 Å². The highest BCUT2D eigenvalue weighted by atomic mass is 19.4. The van der Waals surface area contributed by atoms with E-state index in [-0.39, 0.29) is 17.4 Å². The number of amides is 1. The third-order valence-corrected chi connectivity index (χ3v) is 7.01. The van der Waals surface area contributed by atoms with E-state index in [4.69, 9.17) is 4.74 Å². The van der Waals surface area contributed by atoms with Crippen LogP contribution < -0.4 is 10.1 Å². The van der Waals surface area contributed by atoms with E-state index in [1.54, 1.807) is 12.1 Å². The molecule has 2 aromatic rings. The summed E-state index contributed by atoms with van der Waals surface area (Å²) < 4.78 is 46.2. The molecule has 2 aromatic carbocycles. The van der Waals surface area contributed by atoms with E-state index in [1.165, 1.54) is 64.2 Å². The molecule has 0 heterocycles. The summed E-state index contributed by atoms with van der Waals surface area (Å²) in [6, 6.07) is 7.75. The Morgan fingerprint density at radius 3 is 1.98 bits per heavy atom. The highest BCUT2D eigenvalue weighted by Gasteiger charge is 2.38. The van der Waals surface area contributed by atoms with Crippen LogP contribution in [0.5, 0.6) is 5.75 Å². The molecule has 1 amide bonds. The van der Waals surface area contributed by atoms with Crippen molar-refractivity contribution in [2.24, 2.45) is 0 Å². The molecule has 0 bridgehead atoms. The predicted octanol–water partition coefficient (Wildman–Crippen LogP) is 10.3. The highest BCUT2D eigenvalue weighted by molar-refractivity contribution is 6.07. The Morgan fingerprint density at radius 1 is 0.902 bits per heavy atom. The highest BCUT2D eigenvalue weighted by Crippen LogP contribution is 2.38. The fourth-order valence-corrected chi connectivity index (χ4v) is 4.92. The Kier molecular flexibility index (Phi) is 14.7. The first kappa shape index (κ1) is 34.1. The zero-order valence-corrected chi connectivity index (χ0v) is 24.7. The first-order valence-corrected chi connectivity index (χ1v) is 15.0. The molecule has 41 heavy (non-hydrogen) atoms. The SMILES string of the molecule is CCCCCCCCCCCCCCCc1cccc(OC(C)C)c1C(=O)Nc1ccc([N+](=O)[O-])c(C(F)(F)F)c1. The fourth-order valence-electron chi connectivity index (χ4n) is 4.92. The lowest BCUT2D eigenvalue weighted by Gasteiger charge is -2.18. The topological polar surface area (TPSA) is 81.5 Å². The number of nitrogens with zero attached hydrogens (tertiary/aromatic N) is 1. The molecule has 0 fully saturated rings. The van der Waals surface area contributed by atoms with E-state index in [9.17, 15) is 28.1 Å². The van der Waals surface area contributed by atoms with Crippen LogP contribution in [-0.2, 0) is 12.6 Å². The van der Waals surface area contributed by atoms with Crippen molar-refractivity contribution in [3.63, 3.8) is 0 Å². The van der Waals surface area contributed by atoms with Crippen LogP contribution in [-0.4, -0.2) is 16.9 Å². The molecular formula is C32H45F3N2O4. The van der Waals surface area contributed by atoms with Gasteiger partial charge in [-0.25, -0.2) is 0 Å². The van der Waals surface area contributed by atoms with Crippen LogP contribution in [0.3, 0.4) is 0 Å². The molecule has 1 N–H and O–H groups in total. The summed E-state index contributed by atoms with van der Waals surface area (Å²) in [7, 11) is 0. The van der Waals surface area contributed by atoms with Crippen molar-refractivity contribution in [3.8, 4) is 5.75 Å². The number of benzene rings is 2. The van der Waals surface area contributed by atoms with Crippen LogP contribution in [0.15, 0.2) is 36.4 Å². The van der Waals surface area contributed by atoms with E-state index in [1.807, 2.05) is 19.9 Å². The number of unbranched alkanes of at least 4 members (excludes halogenated alkanes) is 12. The van der Waals surface area contributed by atoms with Crippen molar-refractivity contribution in [1.29, 1.82) is 0 Å². The van der Waals surface area contributed by atoms with Crippen molar-refractivity contribution < 1.29 is 27.6 Å². The molecule has 0 aromatic heterocycles. The van der Waals surface area contributed by atoms with E-state index in [0.717, 1.165) is 37.0 Å². The number of rotatable bonds is 19. The van der Waals surface area contributed by atoms with Gasteiger partial charge in [0.05, 0.1) is 16.6 Å². The van der Waals surface area contributed by atoms with Crippen LogP contribution in [0.1, 0.15) is 126 Å². The molecule has 6 nitrogen and oxygen atoms in total. The maximum atomic E-state index is 13.4. The smallest absolute Gasteiger partial charge is 0.423 e. The number of carbonyl (C=O) groups is 1. The van der Waals surface area contributed by atoms with Gasteiger partial charge in [-0.05, 0) is 50.5 Å². The van der Waals surface area contributed by atoms with Gasteiger partial charge in [0, 0.05) is 11.8 Å². The number of aryl methyl sites for hydroxylation is 1. The number of anilines is 1. The van der Waals surface area contributed by atoms with Crippen LogP contribution in [0.25, 0.3) is 0 Å². The van der Waals surface area contributed by atoms with Gasteiger partial charge in [0.15, 0.2) is 0 Å². The van der Waals surface area contributed by atoms with Crippen molar-refractivity contribution in [2.45, 2.75) is 123 Å². The molecule has 0 radical (unpaired) electrons. The maximum Gasteiger partial charge on any atom is 0.423 e. The summed E-state index contributed by atoms with van der Waals surface area (Å²) in [5, 5.41) is 13.6. The Labute approximate surface area is 242 Å². The third-order valence-electron chi connectivity index (χ3n) is 7.01. The number of ether oxygens (including phenoxy) is 1. The molecule has 0 aliphatic heterocycles. The molecule has 0 saturated carbocycles. The van der Waals surface area contributed by atoms with Crippen LogP contribution >= 0.6 is 0 Å². The van der Waals surface area contributed by atoms with Gasteiger partial charge in [0.2, 0.25) is 0 Å². The van der Waals surface area contributed by atoms with Crippen molar-refractivity contribution in [2.75, 3.05) is 5.32 Å². The second-order valence-corrected chi connectivity index (χ2v) is 10.9.